The van der Waals surface area contributed by atoms with Gasteiger partial charge in [-0.05, 0) is 38.7 Å². The van der Waals surface area contributed by atoms with Gasteiger partial charge >= 0.3 is 5.97 Å². The Kier molecular flexibility index (Phi) is 7.08. The summed E-state index contributed by atoms with van der Waals surface area (Å²) in [6, 6.07) is 0. The van der Waals surface area contributed by atoms with Crippen LogP contribution >= 0.6 is 0 Å². The van der Waals surface area contributed by atoms with Gasteiger partial charge in [-0.25, -0.2) is 0 Å². The van der Waals surface area contributed by atoms with Crippen LogP contribution in [-0.4, -0.2) is 24.1 Å². The molecule has 106 valence electrons. The summed E-state index contributed by atoms with van der Waals surface area (Å²) in [4.78, 5) is 34.0. The minimum Gasteiger partial charge on any atom is -0.466 e. The molecule has 0 saturated heterocycles. The number of Topliss-reactive ketones (excluding diaryl/α,β-unsaturated/α-hetero) is 1. The average Bonchev–Trinajstić information content (AvgIpc) is 2.78. The van der Waals surface area contributed by atoms with Crippen molar-refractivity contribution < 1.29 is 19.1 Å². The monoisotopic (exact) mass is 266 g/mol. The second kappa shape index (κ2) is 8.62. The van der Waals surface area contributed by atoms with Gasteiger partial charge in [0, 0.05) is 25.2 Å². The van der Waals surface area contributed by atoms with E-state index in [1.54, 1.807) is 13.0 Å². The molecule has 4 heteroatoms. The second-order valence-corrected chi connectivity index (χ2v) is 4.83. The number of esters is 1. The van der Waals surface area contributed by atoms with Gasteiger partial charge < -0.3 is 4.74 Å². The molecule has 0 radical (unpaired) electrons. The summed E-state index contributed by atoms with van der Waals surface area (Å²) >= 11 is 0. The summed E-state index contributed by atoms with van der Waals surface area (Å²) in [5, 5.41) is 0. The summed E-state index contributed by atoms with van der Waals surface area (Å²) in [5.74, 6) is 0.153. The molecule has 0 N–H and O–H groups in total. The zero-order chi connectivity index (χ0) is 14.1. The number of allylic oxidation sites excluding steroid dienone is 2. The van der Waals surface area contributed by atoms with E-state index in [1.165, 1.54) is 0 Å². The third-order valence-corrected chi connectivity index (χ3v) is 3.27. The van der Waals surface area contributed by atoms with Gasteiger partial charge in [0.15, 0.2) is 5.78 Å². The fraction of sp³-hybridized carbons (Fsp3) is 0.667. The van der Waals surface area contributed by atoms with Gasteiger partial charge in [-0.15, -0.1) is 0 Å². The molecule has 1 atom stereocenters. The molecule has 0 fully saturated rings. The smallest absolute Gasteiger partial charge is 0.305 e. The largest absolute Gasteiger partial charge is 0.466 e. The van der Waals surface area contributed by atoms with E-state index in [1.807, 2.05) is 6.08 Å². The van der Waals surface area contributed by atoms with Gasteiger partial charge in [0.2, 0.25) is 0 Å². The molecule has 0 heterocycles. The van der Waals surface area contributed by atoms with Crippen LogP contribution in [0, 0.1) is 5.92 Å². The molecule has 0 saturated carbocycles. The Hall–Kier alpha value is -1.45. The van der Waals surface area contributed by atoms with Gasteiger partial charge in [-0.2, -0.15) is 0 Å². The minimum absolute atomic E-state index is 0.0171. The van der Waals surface area contributed by atoms with Crippen molar-refractivity contribution in [2.24, 2.45) is 5.92 Å². The quantitative estimate of drug-likeness (QED) is 0.475. The van der Waals surface area contributed by atoms with Gasteiger partial charge in [0.1, 0.15) is 5.78 Å². The van der Waals surface area contributed by atoms with Crippen molar-refractivity contribution in [3.05, 3.63) is 12.2 Å². The molecule has 1 rings (SSSR count). The van der Waals surface area contributed by atoms with Crippen molar-refractivity contribution >= 4 is 17.5 Å². The Morgan fingerprint density at radius 3 is 2.63 bits per heavy atom. The van der Waals surface area contributed by atoms with Gasteiger partial charge in [-0.3, -0.25) is 14.4 Å². The predicted molar refractivity (Wildman–Crippen MR) is 71.6 cm³/mol. The highest BCUT2D eigenvalue weighted by Gasteiger charge is 2.20. The number of hydrogen-bond donors (Lipinski definition) is 0. The first-order valence-electron chi connectivity index (χ1n) is 7.01. The summed E-state index contributed by atoms with van der Waals surface area (Å²) in [6.07, 6.45) is 7.66. The lowest BCUT2D eigenvalue weighted by Crippen LogP contribution is -2.09. The van der Waals surface area contributed by atoms with Crippen molar-refractivity contribution in [2.75, 3.05) is 6.61 Å². The number of ether oxygens (including phenoxy) is 1. The summed E-state index contributed by atoms with van der Waals surface area (Å²) in [5.41, 5.74) is 0. The van der Waals surface area contributed by atoms with Crippen molar-refractivity contribution in [1.29, 1.82) is 0 Å². The summed E-state index contributed by atoms with van der Waals surface area (Å²) < 4.78 is 4.81. The first-order chi connectivity index (χ1) is 9.13. The first kappa shape index (κ1) is 15.6. The molecule has 0 aliphatic heterocycles. The summed E-state index contributed by atoms with van der Waals surface area (Å²) in [7, 11) is 0. The molecule has 0 aromatic rings. The standard InChI is InChI=1S/C15H22O4/c1-2-19-15(18)9-4-3-7-13(16)11-10-12-6-5-8-14(12)17/h5,8,12H,2-4,6-7,9-11H2,1H3/t12-/m0/s1. The molecule has 0 aromatic carbocycles. The van der Waals surface area contributed by atoms with Crippen LogP contribution in [0.5, 0.6) is 0 Å². The van der Waals surface area contributed by atoms with E-state index in [0.29, 0.717) is 45.1 Å². The van der Waals surface area contributed by atoms with E-state index in [4.69, 9.17) is 4.74 Å². The van der Waals surface area contributed by atoms with Crippen LogP contribution in [0.3, 0.4) is 0 Å². The number of hydrogen-bond acceptors (Lipinski definition) is 4. The molecule has 1 aliphatic carbocycles. The van der Waals surface area contributed by atoms with E-state index < -0.39 is 0 Å². The maximum atomic E-state index is 11.6. The lowest BCUT2D eigenvalue weighted by Gasteiger charge is -2.06. The molecule has 0 amide bonds. The topological polar surface area (TPSA) is 60.4 Å². The number of carbonyl (C=O) groups excluding carboxylic acids is 3. The summed E-state index contributed by atoms with van der Waals surface area (Å²) in [6.45, 7) is 2.18. The Morgan fingerprint density at radius 1 is 1.26 bits per heavy atom. The van der Waals surface area contributed by atoms with E-state index >= 15 is 0 Å². The highest BCUT2D eigenvalue weighted by molar-refractivity contribution is 5.94. The molecule has 19 heavy (non-hydrogen) atoms. The van der Waals surface area contributed by atoms with Crippen LogP contribution in [0.25, 0.3) is 0 Å². The predicted octanol–water partition coefficient (Wildman–Crippen LogP) is 2.60. The fourth-order valence-electron chi connectivity index (χ4n) is 2.15. The van der Waals surface area contributed by atoms with Crippen molar-refractivity contribution in [1.82, 2.24) is 0 Å². The zero-order valence-corrected chi connectivity index (χ0v) is 11.5. The molecule has 0 unspecified atom stereocenters. The van der Waals surface area contributed by atoms with E-state index in [9.17, 15) is 14.4 Å². The highest BCUT2D eigenvalue weighted by Crippen LogP contribution is 2.20. The van der Waals surface area contributed by atoms with Crippen LogP contribution in [0.15, 0.2) is 12.2 Å². The zero-order valence-electron chi connectivity index (χ0n) is 11.5. The SMILES string of the molecule is CCOC(=O)CCCCC(=O)CC[C@@H]1CC=CC1=O. The van der Waals surface area contributed by atoms with Crippen molar-refractivity contribution in [3.8, 4) is 0 Å². The third-order valence-electron chi connectivity index (χ3n) is 3.27. The van der Waals surface area contributed by atoms with Gasteiger partial charge in [-0.1, -0.05) is 6.08 Å². The Balaban J connectivity index is 2.02. The fourth-order valence-corrected chi connectivity index (χ4v) is 2.15. The molecule has 4 nitrogen and oxygen atoms in total. The number of carbonyl (C=O) groups is 3. The highest BCUT2D eigenvalue weighted by atomic mass is 16.5. The van der Waals surface area contributed by atoms with Crippen LogP contribution in [0.2, 0.25) is 0 Å². The number of ketones is 2. The molecular weight excluding hydrogens is 244 g/mol. The third kappa shape index (κ3) is 6.32. The van der Waals surface area contributed by atoms with Crippen LogP contribution < -0.4 is 0 Å². The minimum atomic E-state index is -0.197. The van der Waals surface area contributed by atoms with Crippen LogP contribution in [0.4, 0.5) is 0 Å². The maximum absolute atomic E-state index is 11.6. The lowest BCUT2D eigenvalue weighted by atomic mass is 9.97. The first-order valence-corrected chi connectivity index (χ1v) is 7.01. The number of rotatable bonds is 9. The van der Waals surface area contributed by atoms with Gasteiger partial charge in [0.05, 0.1) is 6.61 Å². The molecular formula is C15H22O4. The van der Waals surface area contributed by atoms with E-state index in [0.717, 1.165) is 6.42 Å². The molecule has 0 spiro atoms. The lowest BCUT2D eigenvalue weighted by molar-refractivity contribution is -0.143. The Labute approximate surface area is 114 Å². The normalized spacial score (nSPS) is 17.7. The second-order valence-electron chi connectivity index (χ2n) is 4.83. The Bertz CT molecular complexity index is 357. The van der Waals surface area contributed by atoms with Crippen LogP contribution in [-0.2, 0) is 19.1 Å². The van der Waals surface area contributed by atoms with E-state index in [2.05, 4.69) is 0 Å². The number of unbranched alkanes of at least 4 members (excludes halogenated alkanes) is 1. The van der Waals surface area contributed by atoms with Crippen LogP contribution in [0.1, 0.15) is 51.9 Å². The molecule has 0 aromatic heterocycles. The average molecular weight is 266 g/mol. The maximum Gasteiger partial charge on any atom is 0.305 e. The van der Waals surface area contributed by atoms with Crippen molar-refractivity contribution in [3.63, 3.8) is 0 Å². The van der Waals surface area contributed by atoms with Gasteiger partial charge in [0.25, 0.3) is 0 Å². The Morgan fingerprint density at radius 2 is 2.00 bits per heavy atom. The molecule has 0 bridgehead atoms. The van der Waals surface area contributed by atoms with Crippen molar-refractivity contribution in [2.45, 2.75) is 51.9 Å². The molecule has 1 aliphatic rings. The van der Waals surface area contributed by atoms with E-state index in [-0.39, 0.29) is 23.5 Å².